The molecule has 172 valence electrons. The third kappa shape index (κ3) is 5.56. The molecule has 1 aliphatic carbocycles. The van der Waals surface area contributed by atoms with E-state index < -0.39 is 16.1 Å². The van der Waals surface area contributed by atoms with Crippen molar-refractivity contribution in [2.75, 3.05) is 30.7 Å². The molecule has 1 atom stereocenters. The number of aromatic nitrogens is 1. The molecule has 3 aromatic rings. The predicted octanol–water partition coefficient (Wildman–Crippen LogP) is 3.77. The quantitative estimate of drug-likeness (QED) is 0.351. The van der Waals surface area contributed by atoms with E-state index in [4.69, 9.17) is 16.3 Å². The highest BCUT2D eigenvalue weighted by Crippen LogP contribution is 2.31. The van der Waals surface area contributed by atoms with Gasteiger partial charge in [0, 0.05) is 35.8 Å². The maximum absolute atomic E-state index is 11.5. The summed E-state index contributed by atoms with van der Waals surface area (Å²) in [6.07, 6.45) is 4.99. The molecule has 1 heterocycles. The zero-order chi connectivity index (χ0) is 22.7. The van der Waals surface area contributed by atoms with Crippen LogP contribution in [0.4, 0.5) is 5.69 Å². The van der Waals surface area contributed by atoms with E-state index in [9.17, 15) is 13.5 Å². The summed E-state index contributed by atoms with van der Waals surface area (Å²) >= 11 is 6.03. The fourth-order valence-electron chi connectivity index (χ4n) is 4.11. The molecule has 0 radical (unpaired) electrons. The molecule has 0 saturated carbocycles. The van der Waals surface area contributed by atoms with Crippen molar-refractivity contribution in [2.24, 2.45) is 0 Å². The lowest BCUT2D eigenvalue weighted by atomic mass is 9.96. The Balaban J connectivity index is 1.27. The lowest BCUT2D eigenvalue weighted by Crippen LogP contribution is -2.26. The molecule has 1 aliphatic rings. The third-order valence-electron chi connectivity index (χ3n) is 5.63. The number of hydrogen-bond donors (Lipinski definition) is 4. The van der Waals surface area contributed by atoms with Crippen molar-refractivity contribution in [3.05, 3.63) is 58.2 Å². The normalized spacial score (nSPS) is 14.8. The van der Waals surface area contributed by atoms with Gasteiger partial charge in [-0.3, -0.25) is 4.72 Å². The molecule has 0 bridgehead atoms. The van der Waals surface area contributed by atoms with Crippen LogP contribution in [-0.2, 0) is 22.9 Å². The highest BCUT2D eigenvalue weighted by atomic mass is 35.5. The minimum Gasteiger partial charge on any atom is -0.492 e. The number of anilines is 1. The fourth-order valence-corrected chi connectivity index (χ4v) is 4.90. The predicted molar refractivity (Wildman–Crippen MR) is 128 cm³/mol. The van der Waals surface area contributed by atoms with E-state index in [1.807, 2.05) is 12.1 Å². The molecular weight excluding hydrogens is 450 g/mol. The topological polar surface area (TPSA) is 103 Å². The van der Waals surface area contributed by atoms with Crippen molar-refractivity contribution < 1.29 is 18.3 Å². The third-order valence-corrected chi connectivity index (χ3v) is 6.55. The first-order chi connectivity index (χ1) is 15.3. The van der Waals surface area contributed by atoms with E-state index in [1.165, 1.54) is 35.6 Å². The zero-order valence-electron chi connectivity index (χ0n) is 17.9. The molecule has 0 unspecified atom stereocenters. The molecule has 4 rings (SSSR count). The van der Waals surface area contributed by atoms with Crippen LogP contribution in [-0.4, -0.2) is 44.5 Å². The van der Waals surface area contributed by atoms with Gasteiger partial charge in [0.2, 0.25) is 10.0 Å². The van der Waals surface area contributed by atoms with Crippen LogP contribution < -0.4 is 14.8 Å². The van der Waals surface area contributed by atoms with Crippen LogP contribution in [0.25, 0.3) is 10.9 Å². The zero-order valence-corrected chi connectivity index (χ0v) is 19.5. The molecular formula is C23H28ClN3O4S. The number of H-pyrrole nitrogens is 1. The van der Waals surface area contributed by atoms with Crippen LogP contribution in [0, 0.1) is 0 Å². The number of fused-ring (bicyclic) bond motifs is 3. The summed E-state index contributed by atoms with van der Waals surface area (Å²) in [5, 5.41) is 15.1. The van der Waals surface area contributed by atoms with Gasteiger partial charge in [-0.25, -0.2) is 8.42 Å². The van der Waals surface area contributed by atoms with Gasteiger partial charge in [0.15, 0.2) is 0 Å². The Morgan fingerprint density at radius 3 is 2.81 bits per heavy atom. The van der Waals surface area contributed by atoms with Crippen LogP contribution >= 0.6 is 11.6 Å². The summed E-state index contributed by atoms with van der Waals surface area (Å²) in [5.41, 5.74) is 4.74. The average molecular weight is 478 g/mol. The summed E-state index contributed by atoms with van der Waals surface area (Å²) < 4.78 is 31.1. The van der Waals surface area contributed by atoms with Gasteiger partial charge in [0.25, 0.3) is 0 Å². The lowest BCUT2D eigenvalue weighted by Gasteiger charge is -2.15. The summed E-state index contributed by atoms with van der Waals surface area (Å²) in [5.74, 6) is 0.813. The summed E-state index contributed by atoms with van der Waals surface area (Å²) in [4.78, 5) is 3.53. The Morgan fingerprint density at radius 2 is 2.00 bits per heavy atom. The first-order valence-corrected chi connectivity index (χ1v) is 13.0. The van der Waals surface area contributed by atoms with Crippen molar-refractivity contribution in [3.63, 3.8) is 0 Å². The molecule has 0 amide bonds. The summed E-state index contributed by atoms with van der Waals surface area (Å²) in [6, 6.07) is 11.0. The summed E-state index contributed by atoms with van der Waals surface area (Å²) in [6.45, 7) is 1.31. The minimum absolute atomic E-state index is 0.246. The van der Waals surface area contributed by atoms with E-state index in [0.717, 1.165) is 30.4 Å². The molecule has 9 heteroatoms. The molecule has 7 nitrogen and oxygen atoms in total. The van der Waals surface area contributed by atoms with Crippen molar-refractivity contribution in [1.29, 1.82) is 0 Å². The number of nitrogens with one attached hydrogen (secondary N) is 3. The Labute approximate surface area is 193 Å². The Morgan fingerprint density at radius 1 is 1.19 bits per heavy atom. The molecule has 0 fully saturated rings. The number of aryl methyl sites for hydroxylation is 2. The van der Waals surface area contributed by atoms with Gasteiger partial charge in [-0.2, -0.15) is 0 Å². The van der Waals surface area contributed by atoms with E-state index in [2.05, 4.69) is 21.1 Å². The minimum atomic E-state index is -3.46. The SMILES string of the molecule is CS(=O)(=O)Nc1cc([C@@H](O)CNCCOc2ccc3c4c([nH]c3c2)CCCC4)ccc1Cl. The molecule has 0 spiro atoms. The second-order valence-electron chi connectivity index (χ2n) is 8.18. The largest absolute Gasteiger partial charge is 0.492 e. The van der Waals surface area contributed by atoms with Gasteiger partial charge in [-0.1, -0.05) is 17.7 Å². The second kappa shape index (κ2) is 9.70. The van der Waals surface area contributed by atoms with Crippen LogP contribution in [0.2, 0.25) is 5.02 Å². The maximum Gasteiger partial charge on any atom is 0.229 e. The monoisotopic (exact) mass is 477 g/mol. The van der Waals surface area contributed by atoms with Crippen LogP contribution in [0.15, 0.2) is 36.4 Å². The Kier molecular flexibility index (Phi) is 6.95. The Hall–Kier alpha value is -2.26. The number of halogens is 1. The number of aliphatic hydroxyl groups is 1. The summed E-state index contributed by atoms with van der Waals surface area (Å²) in [7, 11) is -3.46. The smallest absolute Gasteiger partial charge is 0.229 e. The molecule has 0 saturated heterocycles. The van der Waals surface area contributed by atoms with Crippen molar-refractivity contribution in [2.45, 2.75) is 31.8 Å². The molecule has 1 aromatic heterocycles. The molecule has 0 aliphatic heterocycles. The fraction of sp³-hybridized carbons (Fsp3) is 0.391. The van der Waals surface area contributed by atoms with E-state index in [-0.39, 0.29) is 10.7 Å². The maximum atomic E-state index is 11.5. The second-order valence-corrected chi connectivity index (χ2v) is 10.3. The average Bonchev–Trinajstić information content (AvgIpc) is 3.11. The molecule has 2 aromatic carbocycles. The van der Waals surface area contributed by atoms with Crippen LogP contribution in [0.1, 0.15) is 35.8 Å². The van der Waals surface area contributed by atoms with Gasteiger partial charge in [-0.05, 0) is 61.1 Å². The lowest BCUT2D eigenvalue weighted by molar-refractivity contribution is 0.172. The van der Waals surface area contributed by atoms with Gasteiger partial charge in [-0.15, -0.1) is 0 Å². The number of rotatable bonds is 9. The number of aromatic amines is 1. The first-order valence-electron chi connectivity index (χ1n) is 10.7. The van der Waals surface area contributed by atoms with Gasteiger partial charge >= 0.3 is 0 Å². The molecule has 4 N–H and O–H groups in total. The number of ether oxygens (including phenoxy) is 1. The Bertz CT molecular complexity index is 1210. The number of hydrogen-bond acceptors (Lipinski definition) is 5. The van der Waals surface area contributed by atoms with Gasteiger partial charge in [0.1, 0.15) is 12.4 Å². The number of sulfonamides is 1. The van der Waals surface area contributed by atoms with E-state index in [0.29, 0.717) is 25.3 Å². The van der Waals surface area contributed by atoms with E-state index in [1.54, 1.807) is 12.1 Å². The standard InChI is InChI=1S/C23H28ClN3O4S/c1-32(29,30)27-22-12-15(6-9-19(22)24)23(28)14-25-10-11-31-16-7-8-18-17-4-2-3-5-20(17)26-21(18)13-16/h6-9,12-13,23,25-28H,2-5,10-11,14H2,1H3/t23-/m0/s1. The van der Waals surface area contributed by atoms with E-state index >= 15 is 0 Å². The van der Waals surface area contributed by atoms with Crippen molar-refractivity contribution >= 4 is 38.2 Å². The highest BCUT2D eigenvalue weighted by molar-refractivity contribution is 7.92. The first kappa shape index (κ1) is 22.9. The molecule has 32 heavy (non-hydrogen) atoms. The highest BCUT2D eigenvalue weighted by Gasteiger charge is 2.16. The number of benzene rings is 2. The van der Waals surface area contributed by atoms with Crippen LogP contribution in [0.5, 0.6) is 5.75 Å². The van der Waals surface area contributed by atoms with Gasteiger partial charge in [0.05, 0.1) is 23.1 Å². The van der Waals surface area contributed by atoms with Gasteiger partial charge < -0.3 is 20.1 Å². The van der Waals surface area contributed by atoms with Crippen LogP contribution in [0.3, 0.4) is 0 Å². The number of aliphatic hydroxyl groups excluding tert-OH is 1. The van der Waals surface area contributed by atoms with Crippen molar-refractivity contribution in [3.8, 4) is 5.75 Å². The van der Waals surface area contributed by atoms with Crippen molar-refractivity contribution in [1.82, 2.24) is 10.3 Å².